The van der Waals surface area contributed by atoms with Crippen molar-refractivity contribution in [3.05, 3.63) is 0 Å². The molecule has 1 rings (SSSR count). The van der Waals surface area contributed by atoms with E-state index in [0.717, 1.165) is 38.5 Å². The van der Waals surface area contributed by atoms with Crippen LogP contribution in [0.15, 0.2) is 0 Å². The molecule has 106 valence electrons. The summed E-state index contributed by atoms with van der Waals surface area (Å²) in [5.74, 6) is 0.0726. The van der Waals surface area contributed by atoms with Gasteiger partial charge in [0.1, 0.15) is 0 Å². The topological polar surface area (TPSA) is 29.1 Å². The fourth-order valence-electron chi connectivity index (χ4n) is 2.71. The van der Waals surface area contributed by atoms with Crippen molar-refractivity contribution >= 4 is 5.91 Å². The molecule has 1 fully saturated rings. The lowest BCUT2D eigenvalue weighted by atomic mass is 9.87. The van der Waals surface area contributed by atoms with E-state index >= 15 is 0 Å². The summed E-state index contributed by atoms with van der Waals surface area (Å²) in [6.07, 6.45) is 7.99. The smallest absolute Gasteiger partial charge is 0.257 e. The van der Waals surface area contributed by atoms with Gasteiger partial charge in [-0.15, -0.1) is 0 Å². The van der Waals surface area contributed by atoms with Crippen molar-refractivity contribution in [3.8, 4) is 0 Å². The maximum absolute atomic E-state index is 14.6. The summed E-state index contributed by atoms with van der Waals surface area (Å²) in [6.45, 7) is 4.84. The average Bonchev–Trinajstić information content (AvgIpc) is 2.31. The number of carbonyl (C=O) groups excluding carboxylic acids is 1. The van der Waals surface area contributed by atoms with Crippen molar-refractivity contribution in [1.29, 1.82) is 0 Å². The van der Waals surface area contributed by atoms with Gasteiger partial charge in [0.2, 0.25) is 0 Å². The largest absolute Gasteiger partial charge is 0.353 e. The van der Waals surface area contributed by atoms with E-state index in [-0.39, 0.29) is 5.91 Å². The molecule has 1 saturated carbocycles. The van der Waals surface area contributed by atoms with Crippen LogP contribution in [0.1, 0.15) is 71.6 Å². The highest BCUT2D eigenvalue weighted by Crippen LogP contribution is 2.30. The van der Waals surface area contributed by atoms with Gasteiger partial charge in [-0.05, 0) is 38.0 Å². The summed E-state index contributed by atoms with van der Waals surface area (Å²) < 4.78 is 14.6. The molecular weight excluding hydrogens is 229 g/mol. The Morgan fingerprint density at radius 3 is 2.33 bits per heavy atom. The summed E-state index contributed by atoms with van der Waals surface area (Å²) in [6, 6.07) is 0. The second kappa shape index (κ2) is 7.75. The Hall–Kier alpha value is -0.600. The third-order valence-electron chi connectivity index (χ3n) is 3.95. The maximum Gasteiger partial charge on any atom is 0.257 e. The number of amides is 1. The Labute approximate surface area is 111 Å². The lowest BCUT2D eigenvalue weighted by Crippen LogP contribution is -2.45. The number of carbonyl (C=O) groups is 1. The van der Waals surface area contributed by atoms with E-state index in [4.69, 9.17) is 0 Å². The van der Waals surface area contributed by atoms with Crippen molar-refractivity contribution in [2.24, 2.45) is 5.92 Å². The molecule has 3 heteroatoms. The van der Waals surface area contributed by atoms with Crippen LogP contribution in [0.4, 0.5) is 4.39 Å². The summed E-state index contributed by atoms with van der Waals surface area (Å²) in [5, 5.41) is 2.81. The Morgan fingerprint density at radius 1 is 1.22 bits per heavy atom. The number of hydrogen-bond donors (Lipinski definition) is 1. The van der Waals surface area contributed by atoms with E-state index in [1.807, 2.05) is 0 Å². The van der Waals surface area contributed by atoms with Crippen LogP contribution in [-0.2, 0) is 4.79 Å². The molecule has 0 saturated heterocycles. The first-order valence-corrected chi connectivity index (χ1v) is 7.55. The van der Waals surface area contributed by atoms with Gasteiger partial charge < -0.3 is 5.32 Å². The quantitative estimate of drug-likeness (QED) is 0.792. The molecular formula is C15H28FNO. The van der Waals surface area contributed by atoms with E-state index in [2.05, 4.69) is 19.2 Å². The van der Waals surface area contributed by atoms with Gasteiger partial charge in [-0.2, -0.15) is 0 Å². The monoisotopic (exact) mass is 257 g/mol. The van der Waals surface area contributed by atoms with E-state index < -0.39 is 5.67 Å². The minimum Gasteiger partial charge on any atom is -0.353 e. The van der Waals surface area contributed by atoms with Crippen LogP contribution in [0, 0.1) is 5.92 Å². The molecule has 1 aliphatic carbocycles. The molecule has 0 aromatic carbocycles. The van der Waals surface area contributed by atoms with E-state index in [9.17, 15) is 9.18 Å². The second-order valence-electron chi connectivity index (χ2n) is 5.84. The fourth-order valence-corrected chi connectivity index (χ4v) is 2.71. The molecule has 1 unspecified atom stereocenters. The van der Waals surface area contributed by atoms with Gasteiger partial charge in [0.15, 0.2) is 5.67 Å². The Morgan fingerprint density at radius 2 is 1.78 bits per heavy atom. The molecule has 0 heterocycles. The summed E-state index contributed by atoms with van der Waals surface area (Å²) in [4.78, 5) is 12.0. The van der Waals surface area contributed by atoms with Crippen molar-refractivity contribution in [1.82, 2.24) is 5.32 Å². The van der Waals surface area contributed by atoms with Crippen LogP contribution >= 0.6 is 0 Å². The Kier molecular flexibility index (Phi) is 6.66. The van der Waals surface area contributed by atoms with Gasteiger partial charge in [0.25, 0.3) is 5.91 Å². The summed E-state index contributed by atoms with van der Waals surface area (Å²) >= 11 is 0. The van der Waals surface area contributed by atoms with Gasteiger partial charge in [-0.1, -0.05) is 39.5 Å². The lowest BCUT2D eigenvalue weighted by molar-refractivity contribution is -0.134. The van der Waals surface area contributed by atoms with Gasteiger partial charge in [0, 0.05) is 6.54 Å². The van der Waals surface area contributed by atoms with Gasteiger partial charge in [-0.3, -0.25) is 4.79 Å². The Bertz CT molecular complexity index is 247. The third-order valence-corrected chi connectivity index (χ3v) is 3.95. The lowest BCUT2D eigenvalue weighted by Gasteiger charge is -2.27. The molecule has 1 N–H and O–H groups in total. The zero-order valence-corrected chi connectivity index (χ0v) is 11.9. The maximum atomic E-state index is 14.6. The predicted molar refractivity (Wildman–Crippen MR) is 73.2 cm³/mol. The first kappa shape index (κ1) is 15.5. The molecule has 0 radical (unpaired) electrons. The van der Waals surface area contributed by atoms with Crippen LogP contribution in [0.3, 0.4) is 0 Å². The Balaban J connectivity index is 2.41. The number of alkyl halides is 1. The first-order chi connectivity index (χ1) is 8.58. The molecule has 0 spiro atoms. The zero-order valence-electron chi connectivity index (χ0n) is 11.9. The molecule has 0 bridgehead atoms. The third kappa shape index (κ3) is 4.95. The molecule has 0 aromatic heterocycles. The van der Waals surface area contributed by atoms with Gasteiger partial charge >= 0.3 is 0 Å². The van der Waals surface area contributed by atoms with Crippen molar-refractivity contribution in [2.45, 2.75) is 77.3 Å². The van der Waals surface area contributed by atoms with Crippen LogP contribution in [0.25, 0.3) is 0 Å². The van der Waals surface area contributed by atoms with Crippen molar-refractivity contribution in [2.75, 3.05) is 6.54 Å². The second-order valence-corrected chi connectivity index (χ2v) is 5.84. The number of halogens is 1. The van der Waals surface area contributed by atoms with E-state index in [1.165, 1.54) is 6.42 Å². The fraction of sp³-hybridized carbons (Fsp3) is 0.933. The highest BCUT2D eigenvalue weighted by molar-refractivity contribution is 5.85. The normalized spacial score (nSPS) is 21.7. The van der Waals surface area contributed by atoms with E-state index in [1.54, 1.807) is 0 Å². The highest BCUT2D eigenvalue weighted by Gasteiger charge is 2.37. The molecule has 0 aliphatic heterocycles. The summed E-state index contributed by atoms with van der Waals surface area (Å²) in [7, 11) is 0. The van der Waals surface area contributed by atoms with Crippen LogP contribution in [0.2, 0.25) is 0 Å². The molecule has 18 heavy (non-hydrogen) atoms. The minimum atomic E-state index is -1.60. The first-order valence-electron chi connectivity index (χ1n) is 7.55. The molecule has 1 aliphatic rings. The van der Waals surface area contributed by atoms with Gasteiger partial charge in [0.05, 0.1) is 0 Å². The highest BCUT2D eigenvalue weighted by atomic mass is 19.1. The average molecular weight is 257 g/mol. The van der Waals surface area contributed by atoms with Gasteiger partial charge in [-0.25, -0.2) is 4.39 Å². The zero-order chi connectivity index (χ0) is 13.4. The predicted octanol–water partition coefficient (Wildman–Crippen LogP) is 3.99. The van der Waals surface area contributed by atoms with Crippen molar-refractivity contribution < 1.29 is 9.18 Å². The molecule has 1 atom stereocenters. The van der Waals surface area contributed by atoms with E-state index in [0.29, 0.717) is 25.3 Å². The number of hydrogen-bond acceptors (Lipinski definition) is 1. The number of rotatable bonds is 5. The number of nitrogens with one attached hydrogen (secondary N) is 1. The van der Waals surface area contributed by atoms with Crippen LogP contribution in [0.5, 0.6) is 0 Å². The molecule has 2 nitrogen and oxygen atoms in total. The SMILES string of the molecule is CCCC(C)CNC(=O)C1(F)CCCCCCC1. The molecule has 1 amide bonds. The van der Waals surface area contributed by atoms with Crippen LogP contribution < -0.4 is 5.32 Å². The van der Waals surface area contributed by atoms with Crippen molar-refractivity contribution in [3.63, 3.8) is 0 Å². The molecule has 0 aromatic rings. The standard InChI is InChI=1S/C15H28FNO/c1-3-9-13(2)12-17-14(18)15(16)10-7-5-4-6-8-11-15/h13H,3-12H2,1-2H3,(H,17,18). The summed E-state index contributed by atoms with van der Waals surface area (Å²) in [5.41, 5.74) is -1.60. The minimum absolute atomic E-state index is 0.368. The van der Waals surface area contributed by atoms with Crippen LogP contribution in [-0.4, -0.2) is 18.1 Å².